The van der Waals surface area contributed by atoms with Crippen LogP contribution in [0.4, 0.5) is 23.6 Å². The highest BCUT2D eigenvalue weighted by Gasteiger charge is 2.36. The van der Waals surface area contributed by atoms with Crippen LogP contribution < -0.4 is 4.90 Å². The van der Waals surface area contributed by atoms with Crippen molar-refractivity contribution in [3.63, 3.8) is 0 Å². The van der Waals surface area contributed by atoms with Gasteiger partial charge in [0, 0.05) is 30.4 Å². The smallest absolute Gasteiger partial charge is 0.319 e. The third kappa shape index (κ3) is 3.13. The van der Waals surface area contributed by atoms with Gasteiger partial charge in [-0.15, -0.1) is 5.10 Å². The first-order valence-electron chi connectivity index (χ1n) is 10.3. The van der Waals surface area contributed by atoms with Crippen LogP contribution in [0.2, 0.25) is 0 Å². The van der Waals surface area contributed by atoms with Crippen LogP contribution in [0.5, 0.6) is 0 Å². The van der Waals surface area contributed by atoms with Crippen LogP contribution in [0.25, 0.3) is 17.0 Å². The molecule has 1 aliphatic rings. The first-order valence-corrected chi connectivity index (χ1v) is 10.3. The van der Waals surface area contributed by atoms with Gasteiger partial charge in [0.25, 0.3) is 12.3 Å². The minimum absolute atomic E-state index is 0.00226. The maximum atomic E-state index is 14.2. The molecule has 12 heteroatoms. The number of aromatic amines is 1. The fraction of sp³-hybridized carbons (Fsp3) is 0.182. The zero-order valence-electron chi connectivity index (χ0n) is 17.3. The number of halogens is 4. The molecular formula is C22H15F4N7O. The molecule has 172 valence electrons. The van der Waals surface area contributed by atoms with Crippen molar-refractivity contribution in [3.05, 3.63) is 83.2 Å². The van der Waals surface area contributed by atoms with E-state index in [9.17, 15) is 17.6 Å². The van der Waals surface area contributed by atoms with Gasteiger partial charge in [-0.05, 0) is 30.3 Å². The molecule has 6 rings (SSSR count). The molecule has 0 radical (unpaired) electrons. The lowest BCUT2D eigenvalue weighted by Crippen LogP contribution is -2.36. The van der Waals surface area contributed by atoms with Crippen molar-refractivity contribution in [2.24, 2.45) is 0 Å². The number of anilines is 1. The molecule has 5 heterocycles. The molecule has 1 N–H and O–H groups in total. The molecule has 1 atom stereocenters. The first-order chi connectivity index (χ1) is 16.5. The van der Waals surface area contributed by atoms with E-state index in [0.717, 1.165) is 17.8 Å². The number of aromatic nitrogens is 6. The molecule has 0 saturated carbocycles. The van der Waals surface area contributed by atoms with E-state index in [1.807, 2.05) is 0 Å². The van der Waals surface area contributed by atoms with Crippen molar-refractivity contribution in [1.82, 2.24) is 29.8 Å². The average Bonchev–Trinajstić information content (AvgIpc) is 3.56. The molecule has 1 aliphatic heterocycles. The molecule has 0 saturated heterocycles. The Morgan fingerprint density at radius 3 is 2.71 bits per heavy atom. The molecule has 0 fully saturated rings. The highest BCUT2D eigenvalue weighted by Crippen LogP contribution is 2.38. The summed E-state index contributed by atoms with van der Waals surface area (Å²) < 4.78 is 62.6. The number of rotatable bonds is 4. The molecule has 0 unspecified atom stereocenters. The molecule has 0 amide bonds. The van der Waals surface area contributed by atoms with Crippen molar-refractivity contribution >= 4 is 11.5 Å². The standard InChI is InChI=1S/C22H15F4N7O/c23-12-4-1-5-13(24)17(12)21-29-30-22(34-21)32-8-6-14-18(28-10-27-14)19(32)15-9-16-11(20(25)26)3-2-7-33(16)31-15/h1-5,7,9-10,19-20H,6,8H2,(H,27,28)/t19-/m1/s1. The van der Waals surface area contributed by atoms with Crippen LogP contribution in [-0.4, -0.2) is 36.3 Å². The van der Waals surface area contributed by atoms with E-state index in [-0.39, 0.29) is 23.0 Å². The highest BCUT2D eigenvalue weighted by atomic mass is 19.3. The van der Waals surface area contributed by atoms with Crippen LogP contribution in [-0.2, 0) is 6.42 Å². The van der Waals surface area contributed by atoms with Gasteiger partial charge in [-0.2, -0.15) is 5.10 Å². The Morgan fingerprint density at radius 2 is 1.91 bits per heavy atom. The van der Waals surface area contributed by atoms with Gasteiger partial charge in [0.1, 0.15) is 23.2 Å². The summed E-state index contributed by atoms with van der Waals surface area (Å²) in [5.74, 6) is -1.98. The van der Waals surface area contributed by atoms with E-state index in [4.69, 9.17) is 4.42 Å². The third-order valence-electron chi connectivity index (χ3n) is 5.83. The van der Waals surface area contributed by atoms with Crippen LogP contribution in [0.15, 0.2) is 53.3 Å². The predicted octanol–water partition coefficient (Wildman–Crippen LogP) is 4.48. The number of imidazole rings is 1. The quantitative estimate of drug-likeness (QED) is 0.391. The molecule has 0 bridgehead atoms. The summed E-state index contributed by atoms with van der Waals surface area (Å²) in [6.45, 7) is 0.386. The normalized spacial score (nSPS) is 15.9. The Morgan fingerprint density at radius 1 is 1.09 bits per heavy atom. The Hall–Kier alpha value is -4.22. The maximum Gasteiger partial charge on any atom is 0.319 e. The first kappa shape index (κ1) is 20.4. The fourth-order valence-electron chi connectivity index (χ4n) is 4.29. The molecule has 0 spiro atoms. The number of fused-ring (bicyclic) bond motifs is 2. The summed E-state index contributed by atoms with van der Waals surface area (Å²) in [5.41, 5.74) is 1.58. The van der Waals surface area contributed by atoms with Gasteiger partial charge >= 0.3 is 6.01 Å². The molecule has 0 aliphatic carbocycles. The lowest BCUT2D eigenvalue weighted by Gasteiger charge is -2.32. The number of nitrogens with zero attached hydrogens (tertiary/aromatic N) is 6. The number of alkyl halides is 2. The summed E-state index contributed by atoms with van der Waals surface area (Å²) >= 11 is 0. The van der Waals surface area contributed by atoms with E-state index in [0.29, 0.717) is 24.4 Å². The highest BCUT2D eigenvalue weighted by molar-refractivity contribution is 5.59. The summed E-state index contributed by atoms with van der Waals surface area (Å²) in [5, 5.41) is 12.4. The second kappa shape index (κ2) is 7.68. The summed E-state index contributed by atoms with van der Waals surface area (Å²) in [4.78, 5) is 9.18. The lowest BCUT2D eigenvalue weighted by atomic mass is 10.00. The number of hydrogen-bond acceptors (Lipinski definition) is 6. The molecule has 4 aromatic heterocycles. The lowest BCUT2D eigenvalue weighted by molar-refractivity contribution is 0.152. The van der Waals surface area contributed by atoms with E-state index in [1.54, 1.807) is 17.2 Å². The molecule has 5 aromatic rings. The third-order valence-corrected chi connectivity index (χ3v) is 5.83. The zero-order valence-corrected chi connectivity index (χ0v) is 17.3. The van der Waals surface area contributed by atoms with E-state index in [2.05, 4.69) is 25.3 Å². The molecule has 34 heavy (non-hydrogen) atoms. The number of hydrogen-bond donors (Lipinski definition) is 1. The number of nitrogens with one attached hydrogen (secondary N) is 1. The van der Waals surface area contributed by atoms with Crippen LogP contribution in [0.1, 0.15) is 35.1 Å². The second-order valence-electron chi connectivity index (χ2n) is 7.76. The van der Waals surface area contributed by atoms with Crippen LogP contribution in [0, 0.1) is 11.6 Å². The van der Waals surface area contributed by atoms with Gasteiger partial charge in [0.15, 0.2) is 0 Å². The summed E-state index contributed by atoms with van der Waals surface area (Å²) in [7, 11) is 0. The van der Waals surface area contributed by atoms with Gasteiger partial charge in [-0.1, -0.05) is 11.2 Å². The predicted molar refractivity (Wildman–Crippen MR) is 111 cm³/mol. The Labute approximate surface area is 188 Å². The second-order valence-corrected chi connectivity index (χ2v) is 7.76. The topological polar surface area (TPSA) is 88.1 Å². The van der Waals surface area contributed by atoms with Gasteiger partial charge in [0.2, 0.25) is 0 Å². The minimum atomic E-state index is -2.68. The van der Waals surface area contributed by atoms with E-state index in [1.165, 1.54) is 29.0 Å². The SMILES string of the molecule is Fc1cccc(F)c1-c1nnc(N2CCc3[nH]cnc3[C@H]2c2cc3c(C(F)F)cccn3n2)o1. The Balaban J connectivity index is 1.47. The molecular weight excluding hydrogens is 454 g/mol. The zero-order chi connectivity index (χ0) is 23.4. The summed E-state index contributed by atoms with van der Waals surface area (Å²) in [6, 6.07) is 7.19. The van der Waals surface area contributed by atoms with Gasteiger partial charge in [-0.25, -0.2) is 27.1 Å². The van der Waals surface area contributed by atoms with Crippen LogP contribution >= 0.6 is 0 Å². The minimum Gasteiger partial charge on any atom is -0.403 e. The summed E-state index contributed by atoms with van der Waals surface area (Å²) in [6.07, 6.45) is 0.989. The van der Waals surface area contributed by atoms with E-state index >= 15 is 0 Å². The average molecular weight is 469 g/mol. The van der Waals surface area contributed by atoms with Crippen molar-refractivity contribution in [3.8, 4) is 11.5 Å². The maximum absolute atomic E-state index is 14.2. The number of pyridine rings is 1. The largest absolute Gasteiger partial charge is 0.403 e. The van der Waals surface area contributed by atoms with E-state index < -0.39 is 29.7 Å². The monoisotopic (exact) mass is 469 g/mol. The van der Waals surface area contributed by atoms with Gasteiger partial charge in [0.05, 0.1) is 23.2 Å². The number of benzene rings is 1. The van der Waals surface area contributed by atoms with Crippen LogP contribution in [0.3, 0.4) is 0 Å². The number of H-pyrrole nitrogens is 1. The Bertz CT molecular complexity index is 1490. The molecule has 1 aromatic carbocycles. The van der Waals surface area contributed by atoms with Crippen molar-refractivity contribution in [2.45, 2.75) is 18.9 Å². The fourth-order valence-corrected chi connectivity index (χ4v) is 4.29. The van der Waals surface area contributed by atoms with Crippen molar-refractivity contribution in [2.75, 3.05) is 11.4 Å². The Kier molecular flexibility index (Phi) is 4.61. The molecule has 8 nitrogen and oxygen atoms in total. The van der Waals surface area contributed by atoms with Gasteiger partial charge < -0.3 is 14.3 Å². The van der Waals surface area contributed by atoms with Gasteiger partial charge in [-0.3, -0.25) is 0 Å². The van der Waals surface area contributed by atoms with Crippen molar-refractivity contribution in [1.29, 1.82) is 0 Å². The van der Waals surface area contributed by atoms with Crippen molar-refractivity contribution < 1.29 is 22.0 Å².